The molecule has 0 saturated heterocycles. The number of aliphatic hydroxyl groups excluding tert-OH is 1. The van der Waals surface area contributed by atoms with Crippen molar-refractivity contribution in [1.29, 1.82) is 0 Å². The molecule has 1 nitrogen and oxygen atoms in total. The smallest absolute Gasteiger partial charge is 0.200 e. The minimum atomic E-state index is -2.30. The molecule has 7 heteroatoms. The van der Waals surface area contributed by atoms with Crippen LogP contribution in [0.25, 0.3) is 11.1 Å². The number of halogens is 6. The molecule has 2 aromatic carbocycles. The highest BCUT2D eigenvalue weighted by Crippen LogP contribution is 2.34. The van der Waals surface area contributed by atoms with Crippen molar-refractivity contribution in [3.63, 3.8) is 0 Å². The van der Waals surface area contributed by atoms with Crippen LogP contribution < -0.4 is 0 Å². The summed E-state index contributed by atoms with van der Waals surface area (Å²) in [6, 6.07) is 2.87. The van der Waals surface area contributed by atoms with Gasteiger partial charge in [-0.15, -0.1) is 0 Å². The first-order chi connectivity index (χ1) is 9.40. The quantitative estimate of drug-likeness (QED) is 0.508. The van der Waals surface area contributed by atoms with E-state index in [4.69, 9.17) is 5.11 Å². The summed E-state index contributed by atoms with van der Waals surface area (Å²) >= 11 is 0. The second-order valence-electron chi connectivity index (χ2n) is 3.87. The molecule has 0 bridgehead atoms. The summed E-state index contributed by atoms with van der Waals surface area (Å²) < 4.78 is 79.8. The zero-order valence-corrected chi connectivity index (χ0v) is 9.65. The van der Waals surface area contributed by atoms with Crippen LogP contribution in [0.4, 0.5) is 26.3 Å². The van der Waals surface area contributed by atoms with Gasteiger partial charge >= 0.3 is 0 Å². The van der Waals surface area contributed by atoms with Gasteiger partial charge in [0.2, 0.25) is 5.82 Å². The van der Waals surface area contributed by atoms with Crippen molar-refractivity contribution in [3.05, 3.63) is 58.7 Å². The van der Waals surface area contributed by atoms with E-state index in [1.165, 1.54) is 0 Å². The molecule has 2 aromatic rings. The Morgan fingerprint density at radius 2 is 1.25 bits per heavy atom. The molecule has 0 saturated carbocycles. The minimum absolute atomic E-state index is 0.560. The molecule has 20 heavy (non-hydrogen) atoms. The van der Waals surface area contributed by atoms with E-state index < -0.39 is 58.2 Å². The van der Waals surface area contributed by atoms with Crippen LogP contribution in [0.2, 0.25) is 0 Å². The second kappa shape index (κ2) is 5.16. The summed E-state index contributed by atoms with van der Waals surface area (Å²) in [6.07, 6.45) is 0. The molecule has 0 aliphatic carbocycles. The Morgan fingerprint density at radius 1 is 0.750 bits per heavy atom. The fraction of sp³-hybridized carbons (Fsp3) is 0.0769. The highest BCUT2D eigenvalue weighted by atomic mass is 19.2. The lowest BCUT2D eigenvalue weighted by Gasteiger charge is -2.12. The zero-order valence-electron chi connectivity index (χ0n) is 9.65. The molecule has 0 radical (unpaired) electrons. The first kappa shape index (κ1) is 14.4. The average molecular weight is 292 g/mol. The van der Waals surface area contributed by atoms with Crippen LogP contribution in [0.3, 0.4) is 0 Å². The molecule has 0 heterocycles. The Morgan fingerprint density at radius 3 is 1.75 bits per heavy atom. The van der Waals surface area contributed by atoms with E-state index >= 15 is 0 Å². The van der Waals surface area contributed by atoms with Crippen LogP contribution >= 0.6 is 0 Å². The Kier molecular flexibility index (Phi) is 3.71. The summed E-state index contributed by atoms with van der Waals surface area (Å²) in [5.41, 5.74) is -2.43. The standard InChI is InChI=1S/C13H6F6O/c14-7-3-1-2-5(6(7)4-20)8-9(15)11(17)13(19)12(18)10(8)16/h1-3,20H,4H2. The van der Waals surface area contributed by atoms with Crippen LogP contribution in [0.1, 0.15) is 5.56 Å². The number of benzene rings is 2. The number of aliphatic hydroxyl groups is 1. The predicted octanol–water partition coefficient (Wildman–Crippen LogP) is 3.68. The first-order valence-corrected chi connectivity index (χ1v) is 5.30. The Balaban J connectivity index is 2.87. The SMILES string of the molecule is OCc1c(F)cccc1-c1c(F)c(F)c(F)c(F)c1F. The summed E-state index contributed by atoms with van der Waals surface area (Å²) in [7, 11) is 0. The van der Waals surface area contributed by atoms with Crippen LogP contribution in [-0.4, -0.2) is 5.11 Å². The van der Waals surface area contributed by atoms with E-state index in [0.717, 1.165) is 18.2 Å². The third-order valence-corrected chi connectivity index (χ3v) is 2.76. The van der Waals surface area contributed by atoms with Crippen molar-refractivity contribution in [2.75, 3.05) is 0 Å². The maximum Gasteiger partial charge on any atom is 0.200 e. The lowest BCUT2D eigenvalue weighted by Crippen LogP contribution is -2.06. The van der Waals surface area contributed by atoms with Crippen molar-refractivity contribution in [2.24, 2.45) is 0 Å². The van der Waals surface area contributed by atoms with Gasteiger partial charge in [0, 0.05) is 5.56 Å². The second-order valence-corrected chi connectivity index (χ2v) is 3.87. The van der Waals surface area contributed by atoms with Gasteiger partial charge in [0.05, 0.1) is 12.2 Å². The van der Waals surface area contributed by atoms with Gasteiger partial charge in [0.25, 0.3) is 0 Å². The largest absolute Gasteiger partial charge is 0.392 e. The molecule has 0 amide bonds. The maximum absolute atomic E-state index is 13.6. The van der Waals surface area contributed by atoms with Crippen LogP contribution in [0.5, 0.6) is 0 Å². The molecule has 0 aliphatic heterocycles. The molecule has 106 valence electrons. The van der Waals surface area contributed by atoms with Crippen molar-refractivity contribution in [2.45, 2.75) is 6.61 Å². The van der Waals surface area contributed by atoms with Crippen LogP contribution in [0, 0.1) is 34.9 Å². The lowest BCUT2D eigenvalue weighted by atomic mass is 9.98. The van der Waals surface area contributed by atoms with Gasteiger partial charge in [-0.05, 0) is 11.6 Å². The number of hydrogen-bond donors (Lipinski definition) is 1. The van der Waals surface area contributed by atoms with E-state index in [-0.39, 0.29) is 0 Å². The van der Waals surface area contributed by atoms with Gasteiger partial charge in [0.15, 0.2) is 23.3 Å². The highest BCUT2D eigenvalue weighted by molar-refractivity contribution is 5.69. The molecule has 0 atom stereocenters. The van der Waals surface area contributed by atoms with Crippen LogP contribution in [0.15, 0.2) is 18.2 Å². The van der Waals surface area contributed by atoms with Crippen molar-refractivity contribution in [3.8, 4) is 11.1 Å². The minimum Gasteiger partial charge on any atom is -0.392 e. The zero-order chi connectivity index (χ0) is 15.0. The number of rotatable bonds is 2. The molecular formula is C13H6F6O. The fourth-order valence-electron chi connectivity index (χ4n) is 1.79. The average Bonchev–Trinajstić information content (AvgIpc) is 2.43. The third kappa shape index (κ3) is 2.03. The summed E-state index contributed by atoms with van der Waals surface area (Å²) in [4.78, 5) is 0. The van der Waals surface area contributed by atoms with Gasteiger partial charge in [-0.3, -0.25) is 0 Å². The summed E-state index contributed by atoms with van der Waals surface area (Å²) in [6.45, 7) is -0.957. The predicted molar refractivity (Wildman–Crippen MR) is 57.5 cm³/mol. The van der Waals surface area contributed by atoms with E-state index in [1.54, 1.807) is 0 Å². The topological polar surface area (TPSA) is 20.2 Å². The van der Waals surface area contributed by atoms with Gasteiger partial charge in [-0.1, -0.05) is 12.1 Å². The molecule has 1 N–H and O–H groups in total. The van der Waals surface area contributed by atoms with Crippen molar-refractivity contribution < 1.29 is 31.4 Å². The maximum atomic E-state index is 13.6. The van der Waals surface area contributed by atoms with Gasteiger partial charge in [-0.25, -0.2) is 26.3 Å². The lowest BCUT2D eigenvalue weighted by molar-refractivity contribution is 0.276. The van der Waals surface area contributed by atoms with Gasteiger partial charge in [-0.2, -0.15) is 0 Å². The highest BCUT2D eigenvalue weighted by Gasteiger charge is 2.28. The first-order valence-electron chi connectivity index (χ1n) is 5.30. The van der Waals surface area contributed by atoms with Crippen molar-refractivity contribution >= 4 is 0 Å². The summed E-state index contributed by atoms with van der Waals surface area (Å²) in [5, 5.41) is 8.99. The Labute approximate surface area is 109 Å². The normalized spacial score (nSPS) is 10.9. The monoisotopic (exact) mass is 292 g/mol. The Bertz CT molecular complexity index is 654. The Hall–Kier alpha value is -2.02. The summed E-state index contributed by atoms with van der Waals surface area (Å²) in [5.74, 6) is -11.7. The van der Waals surface area contributed by atoms with Crippen molar-refractivity contribution in [1.82, 2.24) is 0 Å². The molecule has 0 aliphatic rings. The third-order valence-electron chi connectivity index (χ3n) is 2.76. The fourth-order valence-corrected chi connectivity index (χ4v) is 1.79. The van der Waals surface area contributed by atoms with Crippen LogP contribution in [-0.2, 0) is 6.61 Å². The molecule has 0 spiro atoms. The van der Waals surface area contributed by atoms with E-state index in [1.807, 2.05) is 0 Å². The van der Waals surface area contributed by atoms with Gasteiger partial charge in [0.1, 0.15) is 5.82 Å². The molecule has 0 fully saturated rings. The van der Waals surface area contributed by atoms with E-state index in [2.05, 4.69) is 0 Å². The molecule has 0 unspecified atom stereocenters. The van der Waals surface area contributed by atoms with Gasteiger partial charge < -0.3 is 5.11 Å². The number of hydrogen-bond acceptors (Lipinski definition) is 1. The van der Waals surface area contributed by atoms with E-state index in [0.29, 0.717) is 0 Å². The molecular weight excluding hydrogens is 286 g/mol. The molecule has 2 rings (SSSR count). The molecule has 0 aromatic heterocycles. The van der Waals surface area contributed by atoms with E-state index in [9.17, 15) is 26.3 Å².